The van der Waals surface area contributed by atoms with Gasteiger partial charge in [0.1, 0.15) is 16.9 Å². The van der Waals surface area contributed by atoms with Crippen molar-refractivity contribution in [1.29, 1.82) is 0 Å². The van der Waals surface area contributed by atoms with Crippen LogP contribution in [0.15, 0.2) is 40.3 Å². The molecule has 0 saturated carbocycles. The van der Waals surface area contributed by atoms with Crippen molar-refractivity contribution in [1.82, 2.24) is 32.2 Å². The van der Waals surface area contributed by atoms with Gasteiger partial charge in [-0.3, -0.25) is 0 Å². The molecule has 31 heavy (non-hydrogen) atoms. The molecule has 2 aliphatic heterocycles. The first-order valence-corrected chi connectivity index (χ1v) is 12.7. The fourth-order valence-corrected chi connectivity index (χ4v) is 7.30. The number of pyridine rings is 1. The second-order valence-electron chi connectivity index (χ2n) is 7.34. The second-order valence-corrected chi connectivity index (χ2v) is 11.0. The van der Waals surface area contributed by atoms with Crippen molar-refractivity contribution in [2.75, 3.05) is 18.8 Å². The largest absolute Gasteiger partial charge is 0.384 e. The van der Waals surface area contributed by atoms with Crippen molar-refractivity contribution in [3.05, 3.63) is 36.0 Å². The van der Waals surface area contributed by atoms with Gasteiger partial charge in [-0.15, -0.1) is 0 Å². The zero-order valence-corrected chi connectivity index (χ0v) is 18.1. The van der Waals surface area contributed by atoms with Gasteiger partial charge >= 0.3 is 0 Å². The number of hydrogen-bond donors (Lipinski definition) is 7. The first kappa shape index (κ1) is 22.0. The van der Waals surface area contributed by atoms with E-state index >= 15 is 0 Å². The zero-order chi connectivity index (χ0) is 22.2. The molecule has 0 bridgehead atoms. The van der Waals surface area contributed by atoms with Crippen molar-refractivity contribution in [2.45, 2.75) is 34.0 Å². The topological polar surface area (TPSA) is 193 Å². The molecule has 0 aliphatic carbocycles. The minimum atomic E-state index is -4.44. The van der Waals surface area contributed by atoms with Crippen LogP contribution in [0.4, 0.5) is 5.82 Å². The number of sulfone groups is 1. The molecule has 14 heteroatoms. The summed E-state index contributed by atoms with van der Waals surface area (Å²) in [5.41, 5.74) is 17.7. The number of primary sulfonamides is 1. The number of benzene rings is 1. The van der Waals surface area contributed by atoms with Crippen LogP contribution in [-0.4, -0.2) is 40.2 Å². The molecule has 3 heterocycles. The molecule has 0 atom stereocenters. The Kier molecular flexibility index (Phi) is 5.97. The van der Waals surface area contributed by atoms with E-state index in [1.807, 2.05) is 0 Å². The fourth-order valence-electron chi connectivity index (χ4n) is 3.88. The number of hydrazine groups is 3. The van der Waals surface area contributed by atoms with Crippen LogP contribution in [0.25, 0.3) is 11.1 Å². The van der Waals surface area contributed by atoms with Crippen LogP contribution >= 0.6 is 0 Å². The van der Waals surface area contributed by atoms with E-state index in [0.29, 0.717) is 42.9 Å². The Hall–Kier alpha value is -2.17. The lowest BCUT2D eigenvalue weighted by Crippen LogP contribution is -2.37. The van der Waals surface area contributed by atoms with Crippen LogP contribution in [0.3, 0.4) is 0 Å². The van der Waals surface area contributed by atoms with Gasteiger partial charge in [-0.2, -0.15) is 11.1 Å². The lowest BCUT2D eigenvalue weighted by atomic mass is 9.99. The number of aromatic nitrogens is 1. The maximum Gasteiger partial charge on any atom is 0.239 e. The number of piperidine rings is 1. The second kappa shape index (κ2) is 8.40. The number of anilines is 1. The molecule has 2 saturated heterocycles. The van der Waals surface area contributed by atoms with Gasteiger partial charge in [0.2, 0.25) is 10.0 Å². The molecule has 9 N–H and O–H groups in total. The predicted molar refractivity (Wildman–Crippen MR) is 114 cm³/mol. The van der Waals surface area contributed by atoms with Crippen molar-refractivity contribution in [3.63, 3.8) is 0 Å². The molecule has 1 aromatic carbocycles. The van der Waals surface area contributed by atoms with Gasteiger partial charge in [-0.25, -0.2) is 37.8 Å². The van der Waals surface area contributed by atoms with E-state index in [1.54, 1.807) is 18.2 Å². The SMILES string of the molecule is Nc1ccc(-c2ccc(S(=O)(=O)C3CCNCC3)c(S(N)(=O)=O)c2C2NNNN2)cn1. The fraction of sp³-hybridized carbons (Fsp3) is 0.353. The van der Waals surface area contributed by atoms with Crippen LogP contribution in [0.5, 0.6) is 0 Å². The monoisotopic (exact) mass is 468 g/mol. The molecular weight excluding hydrogens is 444 g/mol. The Balaban J connectivity index is 1.99. The van der Waals surface area contributed by atoms with Gasteiger partial charge in [0.05, 0.1) is 10.1 Å². The average Bonchev–Trinajstić information content (AvgIpc) is 3.28. The standard InChI is InChI=1S/C17H24N8O4S2/c18-14-4-1-10(9-21-14)12-2-3-13(30(26,27)11-5-7-20-8-6-11)16(31(19,28)29)15(12)17-22-24-25-23-17/h1-4,9,11,17,20,22-25H,5-8H2,(H2,18,21)(H2,19,28,29). The highest BCUT2D eigenvalue weighted by molar-refractivity contribution is 7.94. The Labute approximate surface area is 180 Å². The Morgan fingerprint density at radius 1 is 0.968 bits per heavy atom. The van der Waals surface area contributed by atoms with Crippen molar-refractivity contribution in [2.24, 2.45) is 5.14 Å². The molecule has 2 aliphatic rings. The molecule has 0 unspecified atom stereocenters. The molecular formula is C17H24N8O4S2. The highest BCUT2D eigenvalue weighted by Gasteiger charge is 2.37. The van der Waals surface area contributed by atoms with E-state index < -0.39 is 36.2 Å². The third kappa shape index (κ3) is 4.28. The van der Waals surface area contributed by atoms with Crippen molar-refractivity contribution in [3.8, 4) is 11.1 Å². The Bertz CT molecular complexity index is 1170. The summed E-state index contributed by atoms with van der Waals surface area (Å²) < 4.78 is 52.5. The van der Waals surface area contributed by atoms with E-state index in [0.717, 1.165) is 0 Å². The van der Waals surface area contributed by atoms with E-state index in [2.05, 4.69) is 32.2 Å². The first-order chi connectivity index (χ1) is 14.7. The quantitative estimate of drug-likeness (QED) is 0.273. The molecule has 4 rings (SSSR count). The van der Waals surface area contributed by atoms with Gasteiger partial charge in [0.15, 0.2) is 9.84 Å². The highest BCUT2D eigenvalue weighted by atomic mass is 32.2. The maximum absolute atomic E-state index is 13.5. The molecule has 0 radical (unpaired) electrons. The van der Waals surface area contributed by atoms with Crippen LogP contribution in [0.1, 0.15) is 24.6 Å². The van der Waals surface area contributed by atoms with Crippen LogP contribution in [0, 0.1) is 0 Å². The van der Waals surface area contributed by atoms with E-state index in [9.17, 15) is 16.8 Å². The average molecular weight is 469 g/mol. The summed E-state index contributed by atoms with van der Waals surface area (Å²) in [6, 6.07) is 6.11. The number of nitrogens with one attached hydrogen (secondary N) is 5. The highest BCUT2D eigenvalue weighted by Crippen LogP contribution is 2.38. The number of rotatable bonds is 5. The van der Waals surface area contributed by atoms with Crippen LogP contribution in [0.2, 0.25) is 0 Å². The molecule has 1 aromatic heterocycles. The predicted octanol–water partition coefficient (Wildman–Crippen LogP) is -1.38. The van der Waals surface area contributed by atoms with E-state index in [4.69, 9.17) is 10.9 Å². The Morgan fingerprint density at radius 3 is 2.23 bits per heavy atom. The summed E-state index contributed by atoms with van der Waals surface area (Å²) in [5, 5.41) is 8.00. The van der Waals surface area contributed by atoms with Crippen LogP contribution < -0.4 is 38.1 Å². The summed E-state index contributed by atoms with van der Waals surface area (Å²) in [5.74, 6) is 0.294. The van der Waals surface area contributed by atoms with Gasteiger partial charge in [-0.1, -0.05) is 6.07 Å². The number of nitrogens with zero attached hydrogens (tertiary/aromatic N) is 1. The minimum Gasteiger partial charge on any atom is -0.384 e. The van der Waals surface area contributed by atoms with E-state index in [1.165, 1.54) is 12.3 Å². The van der Waals surface area contributed by atoms with Crippen molar-refractivity contribution >= 4 is 25.7 Å². The third-order valence-corrected chi connectivity index (χ3v) is 8.80. The third-order valence-electron chi connectivity index (χ3n) is 5.36. The minimum absolute atomic E-state index is 0.154. The zero-order valence-electron chi connectivity index (χ0n) is 16.4. The molecule has 2 aromatic rings. The summed E-state index contributed by atoms with van der Waals surface area (Å²) >= 11 is 0. The van der Waals surface area contributed by atoms with Gasteiger partial charge in [0.25, 0.3) is 0 Å². The summed E-state index contributed by atoms with van der Waals surface area (Å²) in [4.78, 5) is 3.31. The summed E-state index contributed by atoms with van der Waals surface area (Å²) in [6.07, 6.45) is 1.45. The molecule has 2 fully saturated rings. The number of hydrogen-bond acceptors (Lipinski definition) is 11. The molecule has 0 amide bonds. The summed E-state index contributed by atoms with van der Waals surface area (Å²) in [7, 11) is -8.40. The van der Waals surface area contributed by atoms with Gasteiger partial charge in [-0.05, 0) is 49.7 Å². The van der Waals surface area contributed by atoms with Gasteiger partial charge < -0.3 is 11.1 Å². The lowest BCUT2D eigenvalue weighted by molar-refractivity contribution is 0.493. The normalized spacial score (nSPS) is 19.0. The number of nitrogen functional groups attached to an aromatic ring is 1. The van der Waals surface area contributed by atoms with E-state index in [-0.39, 0.29) is 10.5 Å². The van der Waals surface area contributed by atoms with Crippen molar-refractivity contribution < 1.29 is 16.8 Å². The van der Waals surface area contributed by atoms with Crippen LogP contribution in [-0.2, 0) is 19.9 Å². The number of sulfonamides is 1. The molecule has 12 nitrogen and oxygen atoms in total. The molecule has 0 spiro atoms. The first-order valence-electron chi connectivity index (χ1n) is 9.57. The number of nitrogens with two attached hydrogens (primary N) is 2. The Morgan fingerprint density at radius 2 is 1.65 bits per heavy atom. The van der Waals surface area contributed by atoms with Gasteiger partial charge in [0, 0.05) is 17.3 Å². The molecule has 168 valence electrons. The maximum atomic E-state index is 13.5. The smallest absolute Gasteiger partial charge is 0.239 e. The lowest BCUT2D eigenvalue weighted by Gasteiger charge is -2.26. The summed E-state index contributed by atoms with van der Waals surface area (Å²) in [6.45, 7) is 1.08.